The summed E-state index contributed by atoms with van der Waals surface area (Å²) >= 11 is 1.72. The quantitative estimate of drug-likeness (QED) is 0.776. The van der Waals surface area contributed by atoms with E-state index < -0.39 is 7.12 Å². The maximum Gasteiger partial charge on any atom is 0.488 e. The molecule has 0 unspecified atom stereocenters. The van der Waals surface area contributed by atoms with E-state index in [-0.39, 0.29) is 0 Å². The minimum absolute atomic E-state index is 0.542. The molecule has 0 saturated carbocycles. The van der Waals surface area contributed by atoms with E-state index in [4.69, 9.17) is 10.0 Å². The van der Waals surface area contributed by atoms with Gasteiger partial charge in [0.1, 0.15) is 0 Å². The van der Waals surface area contributed by atoms with E-state index in [2.05, 4.69) is 13.0 Å². The number of benzene rings is 1. The van der Waals surface area contributed by atoms with Crippen LogP contribution in [-0.4, -0.2) is 17.2 Å². The minimum Gasteiger partial charge on any atom is -0.423 e. The van der Waals surface area contributed by atoms with Crippen molar-refractivity contribution in [2.45, 2.75) is 13.8 Å². The smallest absolute Gasteiger partial charge is 0.423 e. The van der Waals surface area contributed by atoms with Gasteiger partial charge in [0.25, 0.3) is 0 Å². The van der Waals surface area contributed by atoms with E-state index >= 15 is 0 Å². The molecule has 1 aromatic carbocycles. The van der Waals surface area contributed by atoms with Crippen LogP contribution in [0.15, 0.2) is 24.3 Å². The van der Waals surface area contributed by atoms with Gasteiger partial charge in [0.05, 0.1) is 0 Å². The van der Waals surface area contributed by atoms with E-state index in [1.54, 1.807) is 17.4 Å². The van der Waals surface area contributed by atoms with Gasteiger partial charge in [-0.3, -0.25) is 0 Å². The maximum absolute atomic E-state index is 9.13. The van der Waals surface area contributed by atoms with Crippen molar-refractivity contribution in [2.75, 3.05) is 0 Å². The molecule has 0 radical (unpaired) electrons. The van der Waals surface area contributed by atoms with Crippen LogP contribution in [0.1, 0.15) is 17.4 Å². The fraction of sp³-hybridized carbons (Fsp3) is 0.167. The normalized spacial score (nSPS) is 11.5. The summed E-state index contributed by atoms with van der Waals surface area (Å²) in [5.41, 5.74) is 1.74. The lowest BCUT2D eigenvalue weighted by Gasteiger charge is -1.99. The van der Waals surface area contributed by atoms with E-state index in [1.807, 2.05) is 25.1 Å². The predicted octanol–water partition coefficient (Wildman–Crippen LogP) is 1.92. The summed E-state index contributed by atoms with van der Waals surface area (Å²) in [4.78, 5) is 1.22. The molecule has 0 bridgehead atoms. The molecule has 2 aromatic rings. The Balaban J connectivity index is 2.64. The van der Waals surface area contributed by atoms with E-state index in [0.29, 0.717) is 5.46 Å². The first-order chi connectivity index (χ1) is 7.63. The fourth-order valence-corrected chi connectivity index (χ4v) is 2.89. The Morgan fingerprint density at radius 3 is 2.69 bits per heavy atom. The molecular formula is C12H13BO2S. The van der Waals surface area contributed by atoms with Crippen molar-refractivity contribution >= 4 is 40.1 Å². The number of hydrogen-bond acceptors (Lipinski definition) is 3. The molecule has 0 atom stereocenters. The lowest BCUT2D eigenvalue weighted by molar-refractivity contribution is 0.426. The van der Waals surface area contributed by atoms with Gasteiger partial charge in [0, 0.05) is 9.58 Å². The van der Waals surface area contributed by atoms with Gasteiger partial charge in [0.15, 0.2) is 0 Å². The molecule has 16 heavy (non-hydrogen) atoms. The Labute approximate surface area is 99.0 Å². The second kappa shape index (κ2) is 4.41. The molecule has 0 fully saturated rings. The highest BCUT2D eigenvalue weighted by atomic mass is 32.1. The van der Waals surface area contributed by atoms with Crippen molar-refractivity contribution in [3.05, 3.63) is 34.7 Å². The van der Waals surface area contributed by atoms with Crippen LogP contribution in [0.5, 0.6) is 0 Å². The Hall–Kier alpha value is -1.10. The molecule has 0 amide bonds. The number of rotatable bonds is 2. The van der Waals surface area contributed by atoms with Gasteiger partial charge in [-0.25, -0.2) is 0 Å². The number of fused-ring (bicyclic) bond motifs is 1. The molecule has 0 aliphatic heterocycles. The zero-order chi connectivity index (χ0) is 11.7. The standard InChI is InChI=1S/C12H13BO2S/c1-3-4-11-8(2)10-7-9(13(14)15)5-6-12(10)16-11/h3-7,14-15H,1-2H3/b4-3-. The molecule has 0 aliphatic rings. The largest absolute Gasteiger partial charge is 0.488 e. The molecule has 2 N–H and O–H groups in total. The van der Waals surface area contributed by atoms with Crippen LogP contribution in [0.4, 0.5) is 0 Å². The molecule has 0 saturated heterocycles. The maximum atomic E-state index is 9.13. The second-order valence-corrected chi connectivity index (χ2v) is 4.80. The third kappa shape index (κ3) is 1.91. The van der Waals surface area contributed by atoms with Crippen LogP contribution >= 0.6 is 11.3 Å². The highest BCUT2D eigenvalue weighted by molar-refractivity contribution is 7.20. The Kier molecular flexibility index (Phi) is 3.14. The van der Waals surface area contributed by atoms with Crippen molar-refractivity contribution < 1.29 is 10.0 Å². The fourth-order valence-electron chi connectivity index (χ4n) is 1.73. The van der Waals surface area contributed by atoms with Crippen molar-refractivity contribution in [1.29, 1.82) is 0 Å². The molecular weight excluding hydrogens is 219 g/mol. The predicted molar refractivity (Wildman–Crippen MR) is 71.1 cm³/mol. The zero-order valence-electron chi connectivity index (χ0n) is 9.27. The third-order valence-electron chi connectivity index (χ3n) is 2.61. The Morgan fingerprint density at radius 2 is 2.06 bits per heavy atom. The Morgan fingerprint density at radius 1 is 1.31 bits per heavy atom. The topological polar surface area (TPSA) is 40.5 Å². The van der Waals surface area contributed by atoms with Gasteiger partial charge in [-0.2, -0.15) is 0 Å². The van der Waals surface area contributed by atoms with Gasteiger partial charge < -0.3 is 10.0 Å². The number of aryl methyl sites for hydroxylation is 1. The third-order valence-corrected chi connectivity index (χ3v) is 3.85. The molecule has 82 valence electrons. The van der Waals surface area contributed by atoms with Crippen LogP contribution in [0.3, 0.4) is 0 Å². The van der Waals surface area contributed by atoms with Gasteiger partial charge in [-0.15, -0.1) is 11.3 Å². The van der Waals surface area contributed by atoms with Gasteiger partial charge in [0.2, 0.25) is 0 Å². The first-order valence-electron chi connectivity index (χ1n) is 5.15. The SMILES string of the molecule is C/C=C\c1sc2ccc(B(O)O)cc2c1C. The van der Waals surface area contributed by atoms with Crippen LogP contribution in [0.2, 0.25) is 0 Å². The monoisotopic (exact) mass is 232 g/mol. The summed E-state index contributed by atoms with van der Waals surface area (Å²) in [6.45, 7) is 4.05. The van der Waals surface area contributed by atoms with Crippen LogP contribution in [0, 0.1) is 6.92 Å². The summed E-state index contributed by atoms with van der Waals surface area (Å²) in [5, 5.41) is 19.4. The number of allylic oxidation sites excluding steroid dienone is 1. The van der Waals surface area contributed by atoms with Crippen molar-refractivity contribution in [1.82, 2.24) is 0 Å². The minimum atomic E-state index is -1.39. The van der Waals surface area contributed by atoms with Gasteiger partial charge >= 0.3 is 7.12 Å². The molecule has 2 nitrogen and oxygen atoms in total. The van der Waals surface area contributed by atoms with Crippen LogP contribution in [-0.2, 0) is 0 Å². The lowest BCUT2D eigenvalue weighted by Crippen LogP contribution is -2.29. The number of hydrogen-bond donors (Lipinski definition) is 2. The molecule has 4 heteroatoms. The number of thiophene rings is 1. The molecule has 0 spiro atoms. The highest BCUT2D eigenvalue weighted by Gasteiger charge is 2.13. The summed E-state index contributed by atoms with van der Waals surface area (Å²) in [5.74, 6) is 0. The second-order valence-electron chi connectivity index (χ2n) is 3.72. The zero-order valence-corrected chi connectivity index (χ0v) is 10.1. The van der Waals surface area contributed by atoms with E-state index in [9.17, 15) is 0 Å². The molecule has 1 aromatic heterocycles. The first kappa shape index (κ1) is 11.4. The average molecular weight is 232 g/mol. The van der Waals surface area contributed by atoms with Crippen molar-refractivity contribution in [3.63, 3.8) is 0 Å². The highest BCUT2D eigenvalue weighted by Crippen LogP contribution is 2.30. The van der Waals surface area contributed by atoms with Crippen molar-refractivity contribution in [3.8, 4) is 0 Å². The molecule has 2 rings (SSSR count). The summed E-state index contributed by atoms with van der Waals surface area (Å²) in [7, 11) is -1.39. The first-order valence-corrected chi connectivity index (χ1v) is 5.97. The van der Waals surface area contributed by atoms with Crippen molar-refractivity contribution in [2.24, 2.45) is 0 Å². The van der Waals surface area contributed by atoms with Gasteiger partial charge in [-0.05, 0) is 42.4 Å². The van der Waals surface area contributed by atoms with Gasteiger partial charge in [-0.1, -0.05) is 18.2 Å². The summed E-state index contributed by atoms with van der Waals surface area (Å²) in [6.07, 6.45) is 4.09. The van der Waals surface area contributed by atoms with Crippen LogP contribution < -0.4 is 5.46 Å². The van der Waals surface area contributed by atoms with Crippen LogP contribution in [0.25, 0.3) is 16.2 Å². The molecule has 1 heterocycles. The van der Waals surface area contributed by atoms with E-state index in [0.717, 1.165) is 5.39 Å². The molecule has 0 aliphatic carbocycles. The summed E-state index contributed by atoms with van der Waals surface area (Å²) < 4.78 is 1.18. The van der Waals surface area contributed by atoms with E-state index in [1.165, 1.54) is 15.1 Å². The lowest BCUT2D eigenvalue weighted by atomic mass is 9.80. The summed E-state index contributed by atoms with van der Waals surface area (Å²) in [6, 6.07) is 5.54. The Bertz CT molecular complexity index is 543. The average Bonchev–Trinajstić information content (AvgIpc) is 2.56.